The summed E-state index contributed by atoms with van der Waals surface area (Å²) in [7, 11) is 0. The molecule has 19 heavy (non-hydrogen) atoms. The number of hydrogen-bond acceptors (Lipinski definition) is 2. The Kier molecular flexibility index (Phi) is 4.04. The number of thiocarbonyl (C=S) groups is 1. The molecule has 0 amide bonds. The minimum atomic E-state index is -0.945. The van der Waals surface area contributed by atoms with Gasteiger partial charge in [0.25, 0.3) is 0 Å². The first-order valence-electron chi connectivity index (χ1n) is 6.53. The number of halogens is 2. The normalized spacial score (nSPS) is 22.8. The fraction of sp³-hybridized carbons (Fsp3) is 0.500. The predicted octanol–water partition coefficient (Wildman–Crippen LogP) is 3.37. The van der Waals surface area contributed by atoms with Gasteiger partial charge in [-0.05, 0) is 38.3 Å². The maximum absolute atomic E-state index is 14.2. The van der Waals surface area contributed by atoms with E-state index in [1.54, 1.807) is 6.07 Å². The highest BCUT2D eigenvalue weighted by molar-refractivity contribution is 7.80. The van der Waals surface area contributed by atoms with Gasteiger partial charge < -0.3 is 10.6 Å². The molecule has 5 heteroatoms. The Balaban J connectivity index is 2.46. The summed E-state index contributed by atoms with van der Waals surface area (Å²) < 4.78 is 28.2. The van der Waals surface area contributed by atoms with Crippen molar-refractivity contribution in [3.05, 3.63) is 29.3 Å². The second kappa shape index (κ2) is 5.41. The molecule has 1 aliphatic heterocycles. The van der Waals surface area contributed by atoms with Gasteiger partial charge in [0.1, 0.15) is 4.99 Å². The number of benzene rings is 1. The van der Waals surface area contributed by atoms with Gasteiger partial charge in [-0.3, -0.25) is 0 Å². The lowest BCUT2D eigenvalue weighted by Crippen LogP contribution is -2.35. The largest absolute Gasteiger partial charge is 0.389 e. The molecule has 2 atom stereocenters. The monoisotopic (exact) mass is 284 g/mol. The van der Waals surface area contributed by atoms with Crippen molar-refractivity contribution in [1.29, 1.82) is 0 Å². The number of anilines is 1. The molecule has 1 saturated heterocycles. The second-order valence-electron chi connectivity index (χ2n) is 5.02. The smallest absolute Gasteiger partial charge is 0.182 e. The average molecular weight is 284 g/mol. The molecule has 2 nitrogen and oxygen atoms in total. The minimum Gasteiger partial charge on any atom is -0.389 e. The fourth-order valence-corrected chi connectivity index (χ4v) is 2.99. The zero-order valence-electron chi connectivity index (χ0n) is 11.1. The van der Waals surface area contributed by atoms with Crippen molar-refractivity contribution < 1.29 is 8.78 Å². The first-order valence-corrected chi connectivity index (χ1v) is 6.94. The summed E-state index contributed by atoms with van der Waals surface area (Å²) in [5.74, 6) is -1.79. The van der Waals surface area contributed by atoms with Crippen LogP contribution in [0.4, 0.5) is 14.5 Å². The molecule has 2 rings (SSSR count). The van der Waals surface area contributed by atoms with E-state index in [9.17, 15) is 8.78 Å². The highest BCUT2D eigenvalue weighted by Crippen LogP contribution is 2.35. The van der Waals surface area contributed by atoms with Crippen LogP contribution < -0.4 is 10.6 Å². The van der Waals surface area contributed by atoms with Crippen LogP contribution in [0.2, 0.25) is 0 Å². The maximum atomic E-state index is 14.2. The van der Waals surface area contributed by atoms with Crippen LogP contribution in [0.25, 0.3) is 0 Å². The Labute approximate surface area is 117 Å². The van der Waals surface area contributed by atoms with Crippen molar-refractivity contribution in [3.63, 3.8) is 0 Å². The van der Waals surface area contributed by atoms with Gasteiger partial charge >= 0.3 is 0 Å². The van der Waals surface area contributed by atoms with E-state index in [1.807, 2.05) is 11.8 Å². The summed E-state index contributed by atoms with van der Waals surface area (Å²) in [5.41, 5.74) is 5.66. The van der Waals surface area contributed by atoms with E-state index < -0.39 is 11.6 Å². The molecule has 0 saturated carbocycles. The van der Waals surface area contributed by atoms with Crippen LogP contribution in [0.3, 0.4) is 0 Å². The van der Waals surface area contributed by atoms with Crippen molar-refractivity contribution in [3.8, 4) is 0 Å². The average Bonchev–Trinajstić information content (AvgIpc) is 2.73. The van der Waals surface area contributed by atoms with Gasteiger partial charge in [0.15, 0.2) is 11.6 Å². The SMILES string of the molecule is CCC1CCC(C)N1c1ccc(C(N)=S)c(F)c1F. The van der Waals surface area contributed by atoms with E-state index in [1.165, 1.54) is 6.07 Å². The van der Waals surface area contributed by atoms with Gasteiger partial charge in [0.05, 0.1) is 5.69 Å². The van der Waals surface area contributed by atoms with Crippen molar-refractivity contribution in [2.24, 2.45) is 5.73 Å². The summed E-state index contributed by atoms with van der Waals surface area (Å²) in [6, 6.07) is 3.53. The van der Waals surface area contributed by atoms with E-state index >= 15 is 0 Å². The number of rotatable bonds is 3. The zero-order valence-corrected chi connectivity index (χ0v) is 11.9. The molecule has 2 unspecified atom stereocenters. The van der Waals surface area contributed by atoms with Gasteiger partial charge in [-0.2, -0.15) is 0 Å². The number of nitrogens with zero attached hydrogens (tertiary/aromatic N) is 1. The molecule has 0 radical (unpaired) electrons. The summed E-state index contributed by atoms with van der Waals surface area (Å²) >= 11 is 4.71. The number of nitrogens with two attached hydrogens (primary N) is 1. The van der Waals surface area contributed by atoms with Crippen LogP contribution in [0.1, 0.15) is 38.7 Å². The standard InChI is InChI=1S/C14H18F2N2S/c1-3-9-5-4-8(2)18(9)11-7-6-10(14(17)19)12(15)13(11)16/h6-9H,3-5H2,1-2H3,(H2,17,19). The first kappa shape index (κ1) is 14.2. The summed E-state index contributed by atoms with van der Waals surface area (Å²) in [6.45, 7) is 4.10. The topological polar surface area (TPSA) is 29.3 Å². The Hall–Kier alpha value is -1.23. The lowest BCUT2D eigenvalue weighted by molar-refractivity contribution is 0.498. The van der Waals surface area contributed by atoms with Gasteiger partial charge in [0, 0.05) is 17.6 Å². The summed E-state index contributed by atoms with van der Waals surface area (Å²) in [5, 5.41) is 0. The van der Waals surface area contributed by atoms with E-state index in [4.69, 9.17) is 18.0 Å². The lowest BCUT2D eigenvalue weighted by Gasteiger charge is -2.31. The van der Waals surface area contributed by atoms with Crippen LogP contribution in [-0.2, 0) is 0 Å². The molecule has 104 valence electrons. The molecular formula is C14H18F2N2S. The zero-order chi connectivity index (χ0) is 14.2. The second-order valence-corrected chi connectivity index (χ2v) is 5.46. The highest BCUT2D eigenvalue weighted by atomic mass is 32.1. The minimum absolute atomic E-state index is 0.0313. The van der Waals surface area contributed by atoms with Crippen molar-refractivity contribution in [2.75, 3.05) is 4.90 Å². The molecule has 0 bridgehead atoms. The van der Waals surface area contributed by atoms with Crippen molar-refractivity contribution >= 4 is 22.9 Å². The first-order chi connectivity index (χ1) is 8.97. The van der Waals surface area contributed by atoms with Gasteiger partial charge in [-0.1, -0.05) is 19.1 Å². The van der Waals surface area contributed by atoms with Crippen molar-refractivity contribution in [1.82, 2.24) is 0 Å². The Morgan fingerprint density at radius 3 is 2.63 bits per heavy atom. The Morgan fingerprint density at radius 2 is 2.05 bits per heavy atom. The van der Waals surface area contributed by atoms with Crippen LogP contribution in [0.15, 0.2) is 12.1 Å². The highest BCUT2D eigenvalue weighted by Gasteiger charge is 2.32. The van der Waals surface area contributed by atoms with Crippen LogP contribution in [0.5, 0.6) is 0 Å². The van der Waals surface area contributed by atoms with E-state index in [0.717, 1.165) is 19.3 Å². The quantitative estimate of drug-likeness (QED) is 0.863. The molecule has 0 spiro atoms. The third kappa shape index (κ3) is 2.43. The Morgan fingerprint density at radius 1 is 1.37 bits per heavy atom. The lowest BCUT2D eigenvalue weighted by atomic mass is 10.1. The number of hydrogen-bond donors (Lipinski definition) is 1. The molecular weight excluding hydrogens is 266 g/mol. The molecule has 0 aliphatic carbocycles. The molecule has 2 N–H and O–H groups in total. The molecule has 0 aromatic heterocycles. The third-order valence-corrected chi connectivity index (χ3v) is 4.08. The van der Waals surface area contributed by atoms with Crippen LogP contribution in [-0.4, -0.2) is 17.1 Å². The molecule has 1 aromatic carbocycles. The van der Waals surface area contributed by atoms with Crippen LogP contribution >= 0.6 is 12.2 Å². The van der Waals surface area contributed by atoms with E-state index in [2.05, 4.69) is 6.92 Å². The summed E-state index contributed by atoms with van der Waals surface area (Å²) in [4.78, 5) is 1.85. The molecule has 1 fully saturated rings. The van der Waals surface area contributed by atoms with E-state index in [-0.39, 0.29) is 22.6 Å². The summed E-state index contributed by atoms with van der Waals surface area (Å²) in [6.07, 6.45) is 2.93. The van der Waals surface area contributed by atoms with E-state index in [0.29, 0.717) is 5.69 Å². The molecule has 1 aliphatic rings. The van der Waals surface area contributed by atoms with Gasteiger partial charge in [0.2, 0.25) is 0 Å². The van der Waals surface area contributed by atoms with Gasteiger partial charge in [-0.25, -0.2) is 8.78 Å². The molecule has 1 heterocycles. The molecule has 1 aromatic rings. The maximum Gasteiger partial charge on any atom is 0.182 e. The van der Waals surface area contributed by atoms with Crippen molar-refractivity contribution in [2.45, 2.75) is 45.2 Å². The van der Waals surface area contributed by atoms with Crippen LogP contribution in [0, 0.1) is 11.6 Å². The predicted molar refractivity (Wildman–Crippen MR) is 77.5 cm³/mol. The van der Waals surface area contributed by atoms with Gasteiger partial charge in [-0.15, -0.1) is 0 Å². The fourth-order valence-electron chi connectivity index (χ4n) is 2.84. The third-order valence-electron chi connectivity index (χ3n) is 3.86. The Bertz CT molecular complexity index is 504.